The fourth-order valence-corrected chi connectivity index (χ4v) is 6.32. The Morgan fingerprint density at radius 1 is 1.15 bits per heavy atom. The molecule has 1 heterocycles. The Hall–Kier alpha value is -1.60. The Kier molecular flexibility index (Phi) is 8.15. The number of hydrogen-bond acceptors (Lipinski definition) is 7. The largest absolute Gasteiger partial charge is 0.390 e. The number of anilines is 2. The molecule has 2 aromatic rings. The lowest BCUT2D eigenvalue weighted by Gasteiger charge is -2.29. The zero-order chi connectivity index (χ0) is 24.4. The minimum atomic E-state index is -4.52. The van der Waals surface area contributed by atoms with E-state index in [1.165, 1.54) is 0 Å². The smallest absolute Gasteiger partial charge is 0.382 e. The van der Waals surface area contributed by atoms with Crippen LogP contribution in [-0.4, -0.2) is 43.2 Å². The van der Waals surface area contributed by atoms with Crippen molar-refractivity contribution < 1.29 is 26.4 Å². The van der Waals surface area contributed by atoms with Gasteiger partial charge in [-0.05, 0) is 37.8 Å². The van der Waals surface area contributed by atoms with E-state index in [2.05, 4.69) is 15.0 Å². The van der Waals surface area contributed by atoms with Crippen LogP contribution in [0.5, 0.6) is 0 Å². The first-order valence-corrected chi connectivity index (χ1v) is 13.2. The molecule has 0 bridgehead atoms. The van der Waals surface area contributed by atoms with Crippen LogP contribution < -0.4 is 15.8 Å². The Bertz CT molecular complexity index is 1100. The molecule has 7 nitrogen and oxygen atoms in total. The average Bonchev–Trinajstić information content (AvgIpc) is 3.07. The van der Waals surface area contributed by atoms with Crippen molar-refractivity contribution in [1.29, 1.82) is 0 Å². The molecule has 0 unspecified atom stereocenters. The van der Waals surface area contributed by atoms with Gasteiger partial charge in [0.25, 0.3) is 0 Å². The summed E-state index contributed by atoms with van der Waals surface area (Å²) >= 11 is 13.3. The number of benzene rings is 1. The second-order valence-electron chi connectivity index (χ2n) is 7.65. The SMILES string of the molecule is Nc1nc(N[C@H]2CC[C@H](NS(=O)(=O)CCC(F)(F)F)CC2)sc1C(=O)c1c(Cl)cccc1Cl. The van der Waals surface area contributed by atoms with Crippen LogP contribution in [0.3, 0.4) is 0 Å². The Labute approximate surface area is 202 Å². The van der Waals surface area contributed by atoms with Gasteiger partial charge in [0.1, 0.15) is 10.7 Å². The van der Waals surface area contributed by atoms with Crippen molar-refractivity contribution in [2.45, 2.75) is 50.4 Å². The maximum absolute atomic E-state index is 12.9. The van der Waals surface area contributed by atoms with E-state index < -0.39 is 40.2 Å². The number of nitrogens with two attached hydrogens (primary N) is 1. The molecule has 1 aliphatic carbocycles. The molecule has 1 fully saturated rings. The van der Waals surface area contributed by atoms with Crippen molar-refractivity contribution in [2.24, 2.45) is 0 Å². The number of ketones is 1. The monoisotopic (exact) mass is 544 g/mol. The third-order valence-electron chi connectivity index (χ3n) is 5.10. The number of nitrogen functional groups attached to an aromatic ring is 1. The molecular formula is C19H21Cl2F3N4O3S2. The standard InChI is InChI=1S/C19H21Cl2F3N4O3S2/c20-12-2-1-3-13(21)14(12)15(29)16-17(25)27-18(32-16)26-10-4-6-11(7-5-10)28-33(30,31)9-8-19(22,23)24/h1-3,10-11,28H,4-9,25H2,(H,26,27)/t10-,11-. The van der Waals surface area contributed by atoms with Crippen LogP contribution in [0, 0.1) is 0 Å². The van der Waals surface area contributed by atoms with E-state index in [-0.39, 0.29) is 32.3 Å². The fraction of sp³-hybridized carbons (Fsp3) is 0.474. The number of alkyl halides is 3. The molecule has 1 saturated carbocycles. The first-order chi connectivity index (χ1) is 15.3. The van der Waals surface area contributed by atoms with Crippen molar-refractivity contribution in [3.05, 3.63) is 38.7 Å². The zero-order valence-electron chi connectivity index (χ0n) is 17.1. The average molecular weight is 545 g/mol. The molecule has 0 spiro atoms. The number of thiazole rings is 1. The van der Waals surface area contributed by atoms with Crippen LogP contribution in [-0.2, 0) is 10.0 Å². The molecule has 33 heavy (non-hydrogen) atoms. The number of aromatic nitrogens is 1. The summed E-state index contributed by atoms with van der Waals surface area (Å²) < 4.78 is 63.0. The zero-order valence-corrected chi connectivity index (χ0v) is 20.2. The minimum absolute atomic E-state index is 0.0367. The summed E-state index contributed by atoms with van der Waals surface area (Å²) in [5, 5.41) is 4.01. The van der Waals surface area contributed by atoms with Gasteiger partial charge in [-0.3, -0.25) is 4.79 Å². The topological polar surface area (TPSA) is 114 Å². The summed E-state index contributed by atoms with van der Waals surface area (Å²) in [5.74, 6) is -1.39. The first-order valence-electron chi connectivity index (χ1n) is 9.93. The number of rotatable bonds is 8. The lowest BCUT2D eigenvalue weighted by molar-refractivity contribution is -0.130. The fourth-order valence-electron chi connectivity index (χ4n) is 3.48. The van der Waals surface area contributed by atoms with E-state index in [0.29, 0.717) is 30.8 Å². The number of carbonyl (C=O) groups is 1. The maximum atomic E-state index is 12.9. The van der Waals surface area contributed by atoms with Crippen molar-refractivity contribution in [3.63, 3.8) is 0 Å². The highest BCUT2D eigenvalue weighted by Crippen LogP contribution is 2.34. The van der Waals surface area contributed by atoms with E-state index >= 15 is 0 Å². The molecule has 4 N–H and O–H groups in total. The van der Waals surface area contributed by atoms with Gasteiger partial charge in [-0.15, -0.1) is 0 Å². The highest BCUT2D eigenvalue weighted by Gasteiger charge is 2.32. The van der Waals surface area contributed by atoms with Crippen LogP contribution in [0.1, 0.15) is 47.3 Å². The second kappa shape index (κ2) is 10.3. The summed E-state index contributed by atoms with van der Waals surface area (Å²) in [6, 6.07) is 4.23. The van der Waals surface area contributed by atoms with Crippen molar-refractivity contribution in [1.82, 2.24) is 9.71 Å². The van der Waals surface area contributed by atoms with Gasteiger partial charge in [0, 0.05) is 12.1 Å². The quantitative estimate of drug-likeness (QED) is 0.409. The normalized spacial score (nSPS) is 19.4. The van der Waals surface area contributed by atoms with Gasteiger partial charge in [-0.2, -0.15) is 13.2 Å². The molecule has 1 aromatic carbocycles. The highest BCUT2D eigenvalue weighted by atomic mass is 35.5. The van der Waals surface area contributed by atoms with Gasteiger partial charge < -0.3 is 11.1 Å². The molecule has 3 rings (SSSR count). The van der Waals surface area contributed by atoms with Crippen LogP contribution in [0.4, 0.5) is 24.1 Å². The van der Waals surface area contributed by atoms with Crippen molar-refractivity contribution in [3.8, 4) is 0 Å². The first kappa shape index (κ1) is 26.0. The Morgan fingerprint density at radius 3 is 2.30 bits per heavy atom. The minimum Gasteiger partial charge on any atom is -0.382 e. The van der Waals surface area contributed by atoms with Crippen LogP contribution in [0.15, 0.2) is 18.2 Å². The molecule has 0 aliphatic heterocycles. The van der Waals surface area contributed by atoms with E-state index in [1.54, 1.807) is 18.2 Å². The third-order valence-corrected chi connectivity index (χ3v) is 8.17. The van der Waals surface area contributed by atoms with E-state index in [0.717, 1.165) is 11.3 Å². The van der Waals surface area contributed by atoms with Crippen molar-refractivity contribution in [2.75, 3.05) is 16.8 Å². The summed E-state index contributed by atoms with van der Waals surface area (Å²) in [6.45, 7) is 0. The predicted molar refractivity (Wildman–Crippen MR) is 124 cm³/mol. The molecule has 1 aliphatic rings. The van der Waals surface area contributed by atoms with Gasteiger partial charge in [-0.1, -0.05) is 40.6 Å². The number of nitrogens with one attached hydrogen (secondary N) is 2. The van der Waals surface area contributed by atoms with E-state index in [1.807, 2.05) is 0 Å². The number of sulfonamides is 1. The molecule has 182 valence electrons. The number of carbonyl (C=O) groups excluding carboxylic acids is 1. The lowest BCUT2D eigenvalue weighted by atomic mass is 9.92. The molecule has 0 atom stereocenters. The van der Waals surface area contributed by atoms with Crippen LogP contribution in [0.25, 0.3) is 0 Å². The summed E-state index contributed by atoms with van der Waals surface area (Å²) in [7, 11) is -4.01. The molecule has 0 amide bonds. The van der Waals surface area contributed by atoms with Gasteiger partial charge in [0.2, 0.25) is 15.8 Å². The van der Waals surface area contributed by atoms with E-state index in [9.17, 15) is 26.4 Å². The van der Waals surface area contributed by atoms with Crippen LogP contribution >= 0.6 is 34.5 Å². The second-order valence-corrected chi connectivity index (χ2v) is 11.3. The van der Waals surface area contributed by atoms with Crippen molar-refractivity contribution >= 4 is 61.3 Å². The molecular weight excluding hydrogens is 524 g/mol. The predicted octanol–water partition coefficient (Wildman–Crippen LogP) is 4.86. The van der Waals surface area contributed by atoms with Gasteiger partial charge in [-0.25, -0.2) is 18.1 Å². The summed E-state index contributed by atoms with van der Waals surface area (Å²) in [4.78, 5) is 17.3. The summed E-state index contributed by atoms with van der Waals surface area (Å²) in [5.41, 5.74) is 6.07. The van der Waals surface area contributed by atoms with Gasteiger partial charge >= 0.3 is 6.18 Å². The summed E-state index contributed by atoms with van der Waals surface area (Å²) in [6.07, 6.45) is -3.89. The number of hydrogen-bond donors (Lipinski definition) is 3. The maximum Gasteiger partial charge on any atom is 0.390 e. The van der Waals surface area contributed by atoms with Gasteiger partial charge in [0.15, 0.2) is 5.13 Å². The molecule has 0 radical (unpaired) electrons. The Balaban J connectivity index is 1.57. The van der Waals surface area contributed by atoms with Crippen LogP contribution in [0.2, 0.25) is 10.0 Å². The lowest BCUT2D eigenvalue weighted by Crippen LogP contribution is -2.41. The van der Waals surface area contributed by atoms with E-state index in [4.69, 9.17) is 28.9 Å². The number of halogens is 5. The van der Waals surface area contributed by atoms with Gasteiger partial charge in [0.05, 0.1) is 27.8 Å². The molecule has 0 saturated heterocycles. The highest BCUT2D eigenvalue weighted by molar-refractivity contribution is 7.89. The third kappa shape index (κ3) is 7.19. The molecule has 1 aromatic heterocycles. The molecule has 14 heteroatoms. The number of nitrogens with zero attached hydrogens (tertiary/aromatic N) is 1. The Morgan fingerprint density at radius 2 is 1.73 bits per heavy atom.